The van der Waals surface area contributed by atoms with Gasteiger partial charge in [0.25, 0.3) is 5.69 Å². The smallest absolute Gasteiger partial charge is 0.270 e. The van der Waals surface area contributed by atoms with Gasteiger partial charge in [0.1, 0.15) is 0 Å². The monoisotopic (exact) mass is 260 g/mol. The molecule has 102 valence electrons. The molecule has 1 unspecified atom stereocenters. The third-order valence-electron chi connectivity index (χ3n) is 3.75. The van der Waals surface area contributed by atoms with Crippen LogP contribution in [-0.4, -0.2) is 9.91 Å². The van der Waals surface area contributed by atoms with Crippen molar-refractivity contribution in [3.8, 4) is 0 Å². The van der Waals surface area contributed by atoms with Crippen molar-refractivity contribution in [2.45, 2.75) is 45.4 Å². The minimum atomic E-state index is -0.330. The molecule has 0 aliphatic carbocycles. The van der Waals surface area contributed by atoms with Crippen LogP contribution in [0.4, 0.5) is 5.69 Å². The number of benzene rings is 1. The second-order valence-electron chi connectivity index (χ2n) is 4.98. The van der Waals surface area contributed by atoms with Crippen molar-refractivity contribution < 1.29 is 4.92 Å². The lowest BCUT2D eigenvalue weighted by Gasteiger charge is -2.13. The first-order valence-corrected chi connectivity index (χ1v) is 6.92. The van der Waals surface area contributed by atoms with Gasteiger partial charge < -0.3 is 4.98 Å². The molecule has 0 bridgehead atoms. The van der Waals surface area contributed by atoms with Gasteiger partial charge in [-0.05, 0) is 30.4 Å². The fourth-order valence-electron chi connectivity index (χ4n) is 2.61. The van der Waals surface area contributed by atoms with Crippen molar-refractivity contribution in [3.05, 3.63) is 40.1 Å². The molecule has 1 aromatic carbocycles. The van der Waals surface area contributed by atoms with E-state index in [1.807, 2.05) is 6.20 Å². The van der Waals surface area contributed by atoms with E-state index in [1.165, 1.54) is 18.4 Å². The Kier molecular flexibility index (Phi) is 4.20. The van der Waals surface area contributed by atoms with E-state index in [1.54, 1.807) is 18.2 Å². The molecule has 0 spiro atoms. The van der Waals surface area contributed by atoms with Gasteiger partial charge in [-0.3, -0.25) is 10.1 Å². The molecule has 0 fully saturated rings. The Bertz CT molecular complexity index is 575. The van der Waals surface area contributed by atoms with Gasteiger partial charge in [0.15, 0.2) is 0 Å². The highest BCUT2D eigenvalue weighted by molar-refractivity contribution is 5.85. The molecule has 1 N–H and O–H groups in total. The number of H-pyrrole nitrogens is 1. The van der Waals surface area contributed by atoms with E-state index < -0.39 is 0 Å². The molecule has 0 saturated carbocycles. The lowest BCUT2D eigenvalue weighted by Crippen LogP contribution is -1.96. The zero-order chi connectivity index (χ0) is 13.8. The standard InChI is InChI=1S/C15H20N2O2/c1-3-5-6-11(4-2)14-10-16-15-8-7-12(17(18)19)9-13(14)15/h7-11,16H,3-6H2,1-2H3. The second-order valence-corrected chi connectivity index (χ2v) is 4.98. The maximum Gasteiger partial charge on any atom is 0.270 e. The SMILES string of the molecule is CCCCC(CC)c1c[nH]c2ccc([N+](=O)[O-])cc12. The molecule has 1 atom stereocenters. The lowest BCUT2D eigenvalue weighted by molar-refractivity contribution is -0.384. The van der Waals surface area contributed by atoms with Crippen LogP contribution in [0.3, 0.4) is 0 Å². The number of hydrogen-bond donors (Lipinski definition) is 1. The average Bonchev–Trinajstić information content (AvgIpc) is 2.83. The summed E-state index contributed by atoms with van der Waals surface area (Å²) in [6.07, 6.45) is 6.59. The fourth-order valence-corrected chi connectivity index (χ4v) is 2.61. The lowest BCUT2D eigenvalue weighted by atomic mass is 9.91. The molecule has 0 saturated heterocycles. The van der Waals surface area contributed by atoms with Crippen molar-refractivity contribution in [2.24, 2.45) is 0 Å². The average molecular weight is 260 g/mol. The van der Waals surface area contributed by atoms with Crippen LogP contribution >= 0.6 is 0 Å². The van der Waals surface area contributed by atoms with Crippen LogP contribution in [0.2, 0.25) is 0 Å². The van der Waals surface area contributed by atoms with Crippen molar-refractivity contribution in [3.63, 3.8) is 0 Å². The number of aromatic amines is 1. The Morgan fingerprint density at radius 2 is 2.16 bits per heavy atom. The van der Waals surface area contributed by atoms with Crippen LogP contribution in [0.5, 0.6) is 0 Å². The number of fused-ring (bicyclic) bond motifs is 1. The van der Waals surface area contributed by atoms with Gasteiger partial charge in [-0.25, -0.2) is 0 Å². The largest absolute Gasteiger partial charge is 0.361 e. The van der Waals surface area contributed by atoms with E-state index in [9.17, 15) is 10.1 Å². The number of nitro groups is 1. The third-order valence-corrected chi connectivity index (χ3v) is 3.75. The van der Waals surface area contributed by atoms with E-state index in [0.29, 0.717) is 5.92 Å². The molecule has 0 radical (unpaired) electrons. The molecule has 0 aliphatic heterocycles. The zero-order valence-electron chi connectivity index (χ0n) is 11.5. The minimum absolute atomic E-state index is 0.165. The fraction of sp³-hybridized carbons (Fsp3) is 0.467. The quantitative estimate of drug-likeness (QED) is 0.601. The van der Waals surface area contributed by atoms with Crippen molar-refractivity contribution in [1.82, 2.24) is 4.98 Å². The zero-order valence-corrected chi connectivity index (χ0v) is 11.5. The van der Waals surface area contributed by atoms with Crippen LogP contribution < -0.4 is 0 Å². The maximum atomic E-state index is 10.9. The topological polar surface area (TPSA) is 58.9 Å². The van der Waals surface area contributed by atoms with Crippen LogP contribution in [0.1, 0.15) is 51.0 Å². The molecule has 0 amide bonds. The number of aromatic nitrogens is 1. The summed E-state index contributed by atoms with van der Waals surface area (Å²) in [7, 11) is 0. The summed E-state index contributed by atoms with van der Waals surface area (Å²) < 4.78 is 0. The Labute approximate surface area is 113 Å². The van der Waals surface area contributed by atoms with Crippen LogP contribution in [0, 0.1) is 10.1 Å². The summed E-state index contributed by atoms with van der Waals surface area (Å²) in [5.41, 5.74) is 2.36. The molecule has 1 heterocycles. The molecule has 2 rings (SSSR count). The summed E-state index contributed by atoms with van der Waals surface area (Å²) in [5, 5.41) is 11.9. The maximum absolute atomic E-state index is 10.9. The Morgan fingerprint density at radius 1 is 1.37 bits per heavy atom. The molecule has 19 heavy (non-hydrogen) atoms. The van der Waals surface area contributed by atoms with Crippen LogP contribution in [0.15, 0.2) is 24.4 Å². The highest BCUT2D eigenvalue weighted by atomic mass is 16.6. The van der Waals surface area contributed by atoms with Crippen molar-refractivity contribution >= 4 is 16.6 Å². The van der Waals surface area contributed by atoms with E-state index in [-0.39, 0.29) is 10.6 Å². The van der Waals surface area contributed by atoms with Gasteiger partial charge in [-0.15, -0.1) is 0 Å². The molecule has 1 aromatic heterocycles. The predicted molar refractivity (Wildman–Crippen MR) is 77.5 cm³/mol. The molecule has 2 aromatic rings. The van der Waals surface area contributed by atoms with Gasteiger partial charge in [0.2, 0.25) is 0 Å². The molecule has 4 nitrogen and oxygen atoms in total. The Balaban J connectivity index is 2.41. The van der Waals surface area contributed by atoms with Gasteiger partial charge in [-0.1, -0.05) is 26.7 Å². The summed E-state index contributed by atoms with van der Waals surface area (Å²) in [6.45, 7) is 4.36. The normalized spacial score (nSPS) is 12.7. The van der Waals surface area contributed by atoms with E-state index in [4.69, 9.17) is 0 Å². The molecule has 4 heteroatoms. The van der Waals surface area contributed by atoms with E-state index in [2.05, 4.69) is 18.8 Å². The number of nitrogens with one attached hydrogen (secondary N) is 1. The van der Waals surface area contributed by atoms with E-state index in [0.717, 1.165) is 23.7 Å². The first kappa shape index (κ1) is 13.6. The number of nitrogens with zero attached hydrogens (tertiary/aromatic N) is 1. The number of unbranched alkanes of at least 4 members (excludes halogenated alkanes) is 1. The summed E-state index contributed by atoms with van der Waals surface area (Å²) in [5.74, 6) is 0.482. The molecular formula is C15H20N2O2. The molecular weight excluding hydrogens is 240 g/mol. The first-order chi connectivity index (χ1) is 9.17. The van der Waals surface area contributed by atoms with Crippen LogP contribution in [-0.2, 0) is 0 Å². The van der Waals surface area contributed by atoms with Gasteiger partial charge in [0, 0.05) is 29.2 Å². The van der Waals surface area contributed by atoms with Gasteiger partial charge in [-0.2, -0.15) is 0 Å². The van der Waals surface area contributed by atoms with E-state index >= 15 is 0 Å². The Hall–Kier alpha value is -1.84. The highest BCUT2D eigenvalue weighted by Gasteiger charge is 2.16. The van der Waals surface area contributed by atoms with Gasteiger partial charge >= 0.3 is 0 Å². The predicted octanol–water partition coefficient (Wildman–Crippen LogP) is 4.76. The number of nitro benzene ring substituents is 1. The van der Waals surface area contributed by atoms with Crippen molar-refractivity contribution in [2.75, 3.05) is 0 Å². The number of hydrogen-bond acceptors (Lipinski definition) is 2. The highest BCUT2D eigenvalue weighted by Crippen LogP contribution is 2.33. The number of non-ortho nitro benzene ring substituents is 1. The third kappa shape index (κ3) is 2.78. The first-order valence-electron chi connectivity index (χ1n) is 6.92. The van der Waals surface area contributed by atoms with Crippen LogP contribution in [0.25, 0.3) is 10.9 Å². The summed E-state index contributed by atoms with van der Waals surface area (Å²) >= 11 is 0. The second kappa shape index (κ2) is 5.87. The summed E-state index contributed by atoms with van der Waals surface area (Å²) in [4.78, 5) is 13.8. The van der Waals surface area contributed by atoms with Gasteiger partial charge in [0.05, 0.1) is 4.92 Å². The minimum Gasteiger partial charge on any atom is -0.361 e. The molecule has 0 aliphatic rings. The number of rotatable bonds is 6. The summed E-state index contributed by atoms with van der Waals surface area (Å²) in [6, 6.07) is 5.04. The Morgan fingerprint density at radius 3 is 2.79 bits per heavy atom. The van der Waals surface area contributed by atoms with Crippen molar-refractivity contribution in [1.29, 1.82) is 0 Å².